The van der Waals surface area contributed by atoms with Gasteiger partial charge >= 0.3 is 0 Å². The molecule has 0 aliphatic carbocycles. The lowest BCUT2D eigenvalue weighted by molar-refractivity contribution is -0.135. The van der Waals surface area contributed by atoms with Crippen molar-refractivity contribution in [3.05, 3.63) is 35.9 Å². The first-order chi connectivity index (χ1) is 12.2. The van der Waals surface area contributed by atoms with Gasteiger partial charge in [-0.15, -0.1) is 0 Å². The Labute approximate surface area is 148 Å². The molecule has 0 spiro atoms. The Hall–Kier alpha value is -1.85. The molecular formula is C20H26N2O3. The molecule has 3 heterocycles. The van der Waals surface area contributed by atoms with E-state index in [-0.39, 0.29) is 6.04 Å². The summed E-state index contributed by atoms with van der Waals surface area (Å²) in [5, 5.41) is 9.42. The van der Waals surface area contributed by atoms with Gasteiger partial charge in [-0.2, -0.15) is 0 Å². The van der Waals surface area contributed by atoms with Crippen molar-refractivity contribution in [1.29, 1.82) is 0 Å². The fourth-order valence-electron chi connectivity index (χ4n) is 4.29. The third kappa shape index (κ3) is 3.44. The molecule has 1 atom stereocenters. The van der Waals surface area contributed by atoms with E-state index in [0.717, 1.165) is 58.5 Å². The first kappa shape index (κ1) is 16.6. The van der Waals surface area contributed by atoms with Crippen molar-refractivity contribution in [2.45, 2.75) is 37.8 Å². The zero-order chi connectivity index (χ0) is 17.2. The lowest BCUT2D eigenvalue weighted by atomic mass is 9.98. The van der Waals surface area contributed by atoms with E-state index in [1.54, 1.807) is 12.1 Å². The van der Waals surface area contributed by atoms with Crippen molar-refractivity contribution in [2.75, 3.05) is 32.8 Å². The minimum Gasteiger partial charge on any atom is -0.508 e. The normalized spacial score (nSPS) is 26.1. The van der Waals surface area contributed by atoms with Gasteiger partial charge in [0.25, 0.3) is 0 Å². The molecule has 1 aromatic rings. The zero-order valence-electron chi connectivity index (χ0n) is 14.6. The summed E-state index contributed by atoms with van der Waals surface area (Å²) in [4.78, 5) is 17.3. The van der Waals surface area contributed by atoms with Crippen LogP contribution in [-0.4, -0.2) is 65.7 Å². The standard InChI is InChI=1S/C20H26N2O3/c23-18-3-1-15(2-4-18)16-5-10-21(11-6-16)19-7-12-22(20(19)24)17-8-13-25-14-9-17/h1-5,17,19,23H,6-14H2. The summed E-state index contributed by atoms with van der Waals surface area (Å²) in [6, 6.07) is 7.80. The summed E-state index contributed by atoms with van der Waals surface area (Å²) in [5.41, 5.74) is 2.47. The molecule has 3 aliphatic rings. The molecule has 1 aromatic carbocycles. The average molecular weight is 342 g/mol. The molecule has 0 bridgehead atoms. The monoisotopic (exact) mass is 342 g/mol. The number of aromatic hydroxyl groups is 1. The van der Waals surface area contributed by atoms with Gasteiger partial charge in [-0.1, -0.05) is 18.2 Å². The van der Waals surface area contributed by atoms with Crippen LogP contribution in [0.15, 0.2) is 30.3 Å². The summed E-state index contributed by atoms with van der Waals surface area (Å²) >= 11 is 0. The number of hydrogen-bond acceptors (Lipinski definition) is 4. The van der Waals surface area contributed by atoms with Crippen LogP contribution in [0.3, 0.4) is 0 Å². The number of carbonyl (C=O) groups is 1. The molecule has 25 heavy (non-hydrogen) atoms. The van der Waals surface area contributed by atoms with E-state index in [2.05, 4.69) is 15.9 Å². The van der Waals surface area contributed by atoms with Crippen LogP contribution in [0.25, 0.3) is 5.57 Å². The van der Waals surface area contributed by atoms with Gasteiger partial charge in [0.2, 0.25) is 5.91 Å². The van der Waals surface area contributed by atoms with E-state index in [1.807, 2.05) is 12.1 Å². The highest BCUT2D eigenvalue weighted by Gasteiger charge is 2.39. The van der Waals surface area contributed by atoms with Crippen molar-refractivity contribution in [1.82, 2.24) is 9.80 Å². The average Bonchev–Trinajstić information content (AvgIpc) is 3.05. The first-order valence-corrected chi connectivity index (χ1v) is 9.33. The van der Waals surface area contributed by atoms with Gasteiger partial charge in [-0.05, 0) is 49.0 Å². The van der Waals surface area contributed by atoms with Crippen LogP contribution in [0.4, 0.5) is 0 Å². The predicted molar refractivity (Wildman–Crippen MR) is 96.2 cm³/mol. The van der Waals surface area contributed by atoms with Gasteiger partial charge in [0, 0.05) is 38.9 Å². The largest absolute Gasteiger partial charge is 0.508 e. The maximum atomic E-state index is 12.9. The summed E-state index contributed by atoms with van der Waals surface area (Å²) in [7, 11) is 0. The van der Waals surface area contributed by atoms with E-state index < -0.39 is 0 Å². The van der Waals surface area contributed by atoms with Crippen LogP contribution in [0.5, 0.6) is 5.75 Å². The number of carbonyl (C=O) groups excluding carboxylic acids is 1. The third-order valence-corrected chi connectivity index (χ3v) is 5.76. The molecule has 0 radical (unpaired) electrons. The van der Waals surface area contributed by atoms with Crippen molar-refractivity contribution >= 4 is 11.5 Å². The molecule has 1 N–H and O–H groups in total. The van der Waals surface area contributed by atoms with Crippen LogP contribution in [-0.2, 0) is 9.53 Å². The predicted octanol–water partition coefficient (Wildman–Crippen LogP) is 2.26. The van der Waals surface area contributed by atoms with Crippen molar-refractivity contribution in [3.63, 3.8) is 0 Å². The molecule has 0 aromatic heterocycles. The first-order valence-electron chi connectivity index (χ1n) is 9.33. The number of rotatable bonds is 3. The summed E-state index contributed by atoms with van der Waals surface area (Å²) in [6.45, 7) is 4.20. The molecule has 0 saturated carbocycles. The highest BCUT2D eigenvalue weighted by Crippen LogP contribution is 2.29. The number of phenolic OH excluding ortho intramolecular Hbond substituents is 1. The smallest absolute Gasteiger partial charge is 0.240 e. The number of nitrogens with zero attached hydrogens (tertiary/aromatic N) is 2. The Morgan fingerprint density at radius 1 is 1.04 bits per heavy atom. The van der Waals surface area contributed by atoms with E-state index in [9.17, 15) is 9.90 Å². The lowest BCUT2D eigenvalue weighted by Crippen LogP contribution is -2.47. The highest BCUT2D eigenvalue weighted by molar-refractivity contribution is 5.84. The maximum Gasteiger partial charge on any atom is 0.240 e. The van der Waals surface area contributed by atoms with Gasteiger partial charge in [-0.25, -0.2) is 0 Å². The third-order valence-electron chi connectivity index (χ3n) is 5.76. The molecule has 5 heteroatoms. The lowest BCUT2D eigenvalue weighted by Gasteiger charge is -2.34. The Morgan fingerprint density at radius 3 is 2.48 bits per heavy atom. The molecule has 3 aliphatic heterocycles. The molecular weight excluding hydrogens is 316 g/mol. The SMILES string of the molecule is O=C1C(N2CC=C(c3ccc(O)cc3)CC2)CCN1C1CCOCC1. The minimum atomic E-state index is 0.0421. The topological polar surface area (TPSA) is 53.0 Å². The fourth-order valence-corrected chi connectivity index (χ4v) is 4.29. The second-order valence-corrected chi connectivity index (χ2v) is 7.20. The summed E-state index contributed by atoms with van der Waals surface area (Å²) < 4.78 is 5.43. The van der Waals surface area contributed by atoms with Gasteiger partial charge in [-0.3, -0.25) is 9.69 Å². The number of amides is 1. The number of benzene rings is 1. The Morgan fingerprint density at radius 2 is 1.80 bits per heavy atom. The molecule has 5 nitrogen and oxygen atoms in total. The van der Waals surface area contributed by atoms with Crippen LogP contribution < -0.4 is 0 Å². The van der Waals surface area contributed by atoms with Crippen LogP contribution in [0, 0.1) is 0 Å². The molecule has 2 saturated heterocycles. The number of ether oxygens (including phenoxy) is 1. The number of hydrogen-bond donors (Lipinski definition) is 1. The van der Waals surface area contributed by atoms with Gasteiger partial charge in [0.1, 0.15) is 5.75 Å². The summed E-state index contributed by atoms with van der Waals surface area (Å²) in [6.07, 6.45) is 6.08. The minimum absolute atomic E-state index is 0.0421. The van der Waals surface area contributed by atoms with Gasteiger partial charge in [0.15, 0.2) is 0 Å². The van der Waals surface area contributed by atoms with E-state index in [1.165, 1.54) is 11.1 Å². The molecule has 134 valence electrons. The Bertz CT molecular complexity index is 649. The van der Waals surface area contributed by atoms with Crippen LogP contribution >= 0.6 is 0 Å². The highest BCUT2D eigenvalue weighted by atomic mass is 16.5. The second kappa shape index (κ2) is 7.18. The van der Waals surface area contributed by atoms with E-state index in [0.29, 0.717) is 17.7 Å². The molecule has 2 fully saturated rings. The van der Waals surface area contributed by atoms with Gasteiger partial charge < -0.3 is 14.7 Å². The van der Waals surface area contributed by atoms with Gasteiger partial charge in [0.05, 0.1) is 6.04 Å². The quantitative estimate of drug-likeness (QED) is 0.915. The fraction of sp³-hybridized carbons (Fsp3) is 0.550. The van der Waals surface area contributed by atoms with E-state index >= 15 is 0 Å². The molecule has 4 rings (SSSR count). The summed E-state index contributed by atoms with van der Waals surface area (Å²) in [5.74, 6) is 0.611. The number of likely N-dealkylation sites (tertiary alicyclic amines) is 1. The van der Waals surface area contributed by atoms with Crippen molar-refractivity contribution < 1.29 is 14.6 Å². The van der Waals surface area contributed by atoms with Crippen molar-refractivity contribution in [3.8, 4) is 5.75 Å². The zero-order valence-corrected chi connectivity index (χ0v) is 14.6. The maximum absolute atomic E-state index is 12.9. The Balaban J connectivity index is 1.39. The van der Waals surface area contributed by atoms with Crippen LogP contribution in [0.1, 0.15) is 31.2 Å². The Kier molecular flexibility index (Phi) is 4.77. The second-order valence-electron chi connectivity index (χ2n) is 7.20. The molecule has 1 amide bonds. The van der Waals surface area contributed by atoms with Crippen molar-refractivity contribution in [2.24, 2.45) is 0 Å². The van der Waals surface area contributed by atoms with Crippen LogP contribution in [0.2, 0.25) is 0 Å². The molecule has 1 unspecified atom stereocenters. The number of phenols is 1. The van der Waals surface area contributed by atoms with E-state index in [4.69, 9.17) is 4.74 Å².